The lowest BCUT2D eigenvalue weighted by atomic mass is 10.2. The van der Waals surface area contributed by atoms with Crippen LogP contribution in [0.3, 0.4) is 0 Å². The summed E-state index contributed by atoms with van der Waals surface area (Å²) in [6.07, 6.45) is 0. The fourth-order valence-corrected chi connectivity index (χ4v) is 1.48. The van der Waals surface area contributed by atoms with E-state index in [0.29, 0.717) is 17.1 Å². The van der Waals surface area contributed by atoms with Crippen molar-refractivity contribution < 1.29 is 29.0 Å². The standard InChI is InChI=1S/C13H16N2O6/c1-20-9-4-3-8(5-10(9)21-2)13(19)15-6-11(16)14-7-12(17)18/h3-5H,6-7H2,1-2H3,(H,14,16)(H,15,19)(H,17,18). The molecule has 0 saturated carbocycles. The molecule has 1 aromatic rings. The zero-order valence-electron chi connectivity index (χ0n) is 11.6. The van der Waals surface area contributed by atoms with Gasteiger partial charge < -0.3 is 25.2 Å². The van der Waals surface area contributed by atoms with Gasteiger partial charge in [-0.25, -0.2) is 0 Å². The zero-order valence-corrected chi connectivity index (χ0v) is 11.6. The molecule has 0 aliphatic carbocycles. The van der Waals surface area contributed by atoms with Gasteiger partial charge in [-0.1, -0.05) is 0 Å². The van der Waals surface area contributed by atoms with Crippen molar-refractivity contribution in [2.24, 2.45) is 0 Å². The highest BCUT2D eigenvalue weighted by atomic mass is 16.5. The molecule has 0 aliphatic rings. The van der Waals surface area contributed by atoms with Crippen LogP contribution in [0.4, 0.5) is 0 Å². The Bertz CT molecular complexity index is 543. The number of hydrogen-bond acceptors (Lipinski definition) is 5. The number of amides is 2. The largest absolute Gasteiger partial charge is 0.493 e. The predicted molar refractivity (Wildman–Crippen MR) is 72.5 cm³/mol. The number of carboxylic acid groups (broad SMARTS) is 1. The topological polar surface area (TPSA) is 114 Å². The van der Waals surface area contributed by atoms with Crippen LogP contribution in [0.2, 0.25) is 0 Å². The molecule has 2 amide bonds. The number of nitrogens with one attached hydrogen (secondary N) is 2. The number of aliphatic carboxylic acids is 1. The van der Waals surface area contributed by atoms with Gasteiger partial charge in [-0.3, -0.25) is 14.4 Å². The van der Waals surface area contributed by atoms with Gasteiger partial charge in [0.1, 0.15) is 6.54 Å². The van der Waals surface area contributed by atoms with E-state index in [-0.39, 0.29) is 6.54 Å². The third kappa shape index (κ3) is 5.01. The molecule has 0 saturated heterocycles. The van der Waals surface area contributed by atoms with Crippen LogP contribution < -0.4 is 20.1 Å². The van der Waals surface area contributed by atoms with Gasteiger partial charge in [0.05, 0.1) is 20.8 Å². The molecule has 1 rings (SSSR count). The minimum absolute atomic E-state index is 0.290. The Balaban J connectivity index is 2.59. The molecule has 21 heavy (non-hydrogen) atoms. The first-order valence-electron chi connectivity index (χ1n) is 5.96. The lowest BCUT2D eigenvalue weighted by molar-refractivity contribution is -0.137. The van der Waals surface area contributed by atoms with E-state index in [1.165, 1.54) is 26.4 Å². The highest BCUT2D eigenvalue weighted by Crippen LogP contribution is 2.27. The van der Waals surface area contributed by atoms with Gasteiger partial charge in [-0.15, -0.1) is 0 Å². The Morgan fingerprint density at radius 3 is 2.29 bits per heavy atom. The normalized spacial score (nSPS) is 9.62. The van der Waals surface area contributed by atoms with Gasteiger partial charge in [0.25, 0.3) is 5.91 Å². The molecule has 0 heterocycles. The third-order valence-electron chi connectivity index (χ3n) is 2.49. The first kappa shape index (κ1) is 16.3. The third-order valence-corrected chi connectivity index (χ3v) is 2.49. The Morgan fingerprint density at radius 1 is 1.05 bits per heavy atom. The van der Waals surface area contributed by atoms with E-state index < -0.39 is 24.3 Å². The number of carboxylic acids is 1. The van der Waals surface area contributed by atoms with Crippen molar-refractivity contribution in [2.75, 3.05) is 27.3 Å². The molecular formula is C13H16N2O6. The van der Waals surface area contributed by atoms with Crippen LogP contribution in [-0.2, 0) is 9.59 Å². The molecule has 0 fully saturated rings. The minimum atomic E-state index is -1.16. The monoisotopic (exact) mass is 296 g/mol. The van der Waals surface area contributed by atoms with Gasteiger partial charge >= 0.3 is 5.97 Å². The first-order chi connectivity index (χ1) is 9.97. The molecule has 0 unspecified atom stereocenters. The maximum absolute atomic E-state index is 11.9. The highest BCUT2D eigenvalue weighted by molar-refractivity contribution is 5.97. The Labute approximate surface area is 121 Å². The summed E-state index contributed by atoms with van der Waals surface area (Å²) in [6, 6.07) is 4.56. The van der Waals surface area contributed by atoms with Crippen LogP contribution in [0.15, 0.2) is 18.2 Å². The molecule has 3 N–H and O–H groups in total. The van der Waals surface area contributed by atoms with Gasteiger partial charge in [0, 0.05) is 5.56 Å². The van der Waals surface area contributed by atoms with Crippen LogP contribution in [0.25, 0.3) is 0 Å². The van der Waals surface area contributed by atoms with E-state index in [0.717, 1.165) is 0 Å². The molecule has 1 aromatic carbocycles. The lowest BCUT2D eigenvalue weighted by Crippen LogP contribution is -2.39. The molecule has 114 valence electrons. The summed E-state index contributed by atoms with van der Waals surface area (Å²) < 4.78 is 10.1. The van der Waals surface area contributed by atoms with Crippen LogP contribution in [-0.4, -0.2) is 50.2 Å². The number of methoxy groups -OCH3 is 2. The molecule has 0 aromatic heterocycles. The second-order valence-electron chi connectivity index (χ2n) is 3.92. The molecule has 0 radical (unpaired) electrons. The average Bonchev–Trinajstić information content (AvgIpc) is 2.49. The summed E-state index contributed by atoms with van der Waals surface area (Å²) in [5, 5.41) is 12.9. The molecule has 0 bridgehead atoms. The van der Waals surface area contributed by atoms with Gasteiger partial charge in [-0.2, -0.15) is 0 Å². The summed E-state index contributed by atoms with van der Waals surface area (Å²) in [7, 11) is 2.92. The summed E-state index contributed by atoms with van der Waals surface area (Å²) in [6.45, 7) is -0.814. The first-order valence-corrected chi connectivity index (χ1v) is 5.96. The summed E-state index contributed by atoms with van der Waals surface area (Å²) in [5.41, 5.74) is 0.290. The van der Waals surface area contributed by atoms with E-state index in [1.54, 1.807) is 6.07 Å². The minimum Gasteiger partial charge on any atom is -0.493 e. The zero-order chi connectivity index (χ0) is 15.8. The van der Waals surface area contributed by atoms with Crippen LogP contribution in [0.5, 0.6) is 11.5 Å². The predicted octanol–water partition coefficient (Wildman–Crippen LogP) is -0.366. The summed E-state index contributed by atoms with van der Waals surface area (Å²) in [4.78, 5) is 33.4. The molecule has 8 heteroatoms. The molecule has 0 aliphatic heterocycles. The van der Waals surface area contributed by atoms with E-state index in [4.69, 9.17) is 14.6 Å². The summed E-state index contributed by atoms with van der Waals surface area (Å²) >= 11 is 0. The van der Waals surface area contributed by atoms with E-state index in [1.807, 2.05) is 0 Å². The van der Waals surface area contributed by atoms with E-state index in [9.17, 15) is 14.4 Å². The van der Waals surface area contributed by atoms with E-state index in [2.05, 4.69) is 10.6 Å². The molecule has 0 spiro atoms. The second kappa shape index (κ2) is 7.73. The maximum Gasteiger partial charge on any atom is 0.322 e. The lowest BCUT2D eigenvalue weighted by Gasteiger charge is -2.10. The Morgan fingerprint density at radius 2 is 1.71 bits per heavy atom. The van der Waals surface area contributed by atoms with Gasteiger partial charge in [0.15, 0.2) is 11.5 Å². The number of carbonyl (C=O) groups excluding carboxylic acids is 2. The van der Waals surface area contributed by atoms with Crippen LogP contribution >= 0.6 is 0 Å². The number of ether oxygens (including phenoxy) is 2. The van der Waals surface area contributed by atoms with Gasteiger partial charge in [-0.05, 0) is 18.2 Å². The fourth-order valence-electron chi connectivity index (χ4n) is 1.48. The van der Waals surface area contributed by atoms with Crippen molar-refractivity contribution in [1.82, 2.24) is 10.6 Å². The van der Waals surface area contributed by atoms with Crippen molar-refractivity contribution in [3.8, 4) is 11.5 Å². The van der Waals surface area contributed by atoms with Crippen LogP contribution in [0, 0.1) is 0 Å². The highest BCUT2D eigenvalue weighted by Gasteiger charge is 2.12. The number of benzene rings is 1. The quantitative estimate of drug-likeness (QED) is 0.633. The van der Waals surface area contributed by atoms with Crippen molar-refractivity contribution in [2.45, 2.75) is 0 Å². The summed E-state index contributed by atoms with van der Waals surface area (Å²) in [5.74, 6) is -1.36. The Kier molecular flexibility index (Phi) is 5.99. The van der Waals surface area contributed by atoms with Gasteiger partial charge in [0.2, 0.25) is 5.91 Å². The van der Waals surface area contributed by atoms with Crippen molar-refractivity contribution in [3.05, 3.63) is 23.8 Å². The number of rotatable bonds is 7. The molecule has 8 nitrogen and oxygen atoms in total. The van der Waals surface area contributed by atoms with Crippen molar-refractivity contribution >= 4 is 17.8 Å². The fraction of sp³-hybridized carbons (Fsp3) is 0.308. The second-order valence-corrected chi connectivity index (χ2v) is 3.92. The van der Waals surface area contributed by atoms with Crippen LogP contribution in [0.1, 0.15) is 10.4 Å². The van der Waals surface area contributed by atoms with E-state index >= 15 is 0 Å². The maximum atomic E-state index is 11.9. The average molecular weight is 296 g/mol. The molecular weight excluding hydrogens is 280 g/mol. The van der Waals surface area contributed by atoms with Crippen molar-refractivity contribution in [1.29, 1.82) is 0 Å². The number of carbonyl (C=O) groups is 3. The SMILES string of the molecule is COc1ccc(C(=O)NCC(=O)NCC(=O)O)cc1OC. The number of hydrogen-bond donors (Lipinski definition) is 3. The van der Waals surface area contributed by atoms with Crippen molar-refractivity contribution in [3.63, 3.8) is 0 Å². The molecule has 0 atom stereocenters. The smallest absolute Gasteiger partial charge is 0.322 e. The Hall–Kier alpha value is -2.77.